The molecule has 172 valence electrons. The molecule has 1 aliphatic rings. The molecule has 0 atom stereocenters. The van der Waals surface area contributed by atoms with Crippen molar-refractivity contribution in [1.29, 1.82) is 0 Å². The van der Waals surface area contributed by atoms with Gasteiger partial charge in [0.15, 0.2) is 22.8 Å². The van der Waals surface area contributed by atoms with E-state index in [9.17, 15) is 4.79 Å². The summed E-state index contributed by atoms with van der Waals surface area (Å²) < 4.78 is 1.96. The van der Waals surface area contributed by atoms with Gasteiger partial charge in [0.1, 0.15) is 6.33 Å². The molecule has 0 bridgehead atoms. The molecule has 2 N–H and O–H groups in total. The molecule has 3 aromatic carbocycles. The van der Waals surface area contributed by atoms with Crippen molar-refractivity contribution in [3.8, 4) is 17.1 Å². The van der Waals surface area contributed by atoms with Gasteiger partial charge < -0.3 is 10.6 Å². The van der Waals surface area contributed by atoms with Crippen molar-refractivity contribution in [3.05, 3.63) is 102 Å². The number of nitrogens with zero attached hydrogens (tertiary/aromatic N) is 4. The molecule has 1 amide bonds. The normalized spacial score (nSPS) is 13.0. The molecule has 0 unspecified atom stereocenters. The van der Waals surface area contributed by atoms with Crippen molar-refractivity contribution in [2.45, 2.75) is 25.4 Å². The van der Waals surface area contributed by atoms with E-state index in [-0.39, 0.29) is 5.91 Å². The monoisotopic (exact) mass is 460 g/mol. The highest BCUT2D eigenvalue weighted by Gasteiger charge is 2.24. The Morgan fingerprint density at radius 3 is 2.31 bits per heavy atom. The van der Waals surface area contributed by atoms with Crippen molar-refractivity contribution in [2.24, 2.45) is 0 Å². The summed E-state index contributed by atoms with van der Waals surface area (Å²) in [5, 5.41) is 6.47. The molecular formula is C28H24N6O. The fraction of sp³-hybridized carbons (Fsp3) is 0.143. The Hall–Kier alpha value is -4.52. The first-order valence-corrected chi connectivity index (χ1v) is 11.7. The fourth-order valence-electron chi connectivity index (χ4n) is 3.98. The number of imidazole rings is 1. The number of benzene rings is 3. The van der Waals surface area contributed by atoms with Crippen LogP contribution < -0.4 is 10.6 Å². The Morgan fingerprint density at radius 2 is 1.60 bits per heavy atom. The van der Waals surface area contributed by atoms with Crippen molar-refractivity contribution in [1.82, 2.24) is 24.8 Å². The van der Waals surface area contributed by atoms with Crippen LogP contribution in [0.5, 0.6) is 0 Å². The van der Waals surface area contributed by atoms with Crippen LogP contribution in [0.15, 0.2) is 91.3 Å². The predicted molar refractivity (Wildman–Crippen MR) is 136 cm³/mol. The Kier molecular flexibility index (Phi) is 5.42. The van der Waals surface area contributed by atoms with Gasteiger partial charge in [-0.3, -0.25) is 9.36 Å². The third kappa shape index (κ3) is 4.48. The zero-order valence-corrected chi connectivity index (χ0v) is 19.1. The first kappa shape index (κ1) is 21.0. The highest BCUT2D eigenvalue weighted by Crippen LogP contribution is 2.27. The Labute approximate surface area is 202 Å². The topological polar surface area (TPSA) is 84.7 Å². The van der Waals surface area contributed by atoms with Gasteiger partial charge in [-0.25, -0.2) is 15.0 Å². The molecular weight excluding hydrogens is 436 g/mol. The first-order valence-electron chi connectivity index (χ1n) is 11.7. The standard InChI is InChI=1S/C28H24N6O/c35-28(31-22-15-16-22)21-13-11-20(12-14-21)25-32-26(29-17-19-7-3-1-4-8-19)24-27(33-25)34(18-30-24)23-9-5-2-6-10-23/h1-14,18,22H,15-17H2,(H,31,35)(H,29,32,33). The number of rotatable bonds is 7. The van der Waals surface area contributed by atoms with Crippen LogP contribution in [-0.2, 0) is 6.54 Å². The first-order chi connectivity index (χ1) is 17.2. The lowest BCUT2D eigenvalue weighted by atomic mass is 10.1. The summed E-state index contributed by atoms with van der Waals surface area (Å²) in [4.78, 5) is 26.7. The minimum atomic E-state index is -0.0391. The number of carbonyl (C=O) groups is 1. The second-order valence-electron chi connectivity index (χ2n) is 8.68. The largest absolute Gasteiger partial charge is 0.364 e. The summed E-state index contributed by atoms with van der Waals surface area (Å²) in [6.45, 7) is 0.616. The van der Waals surface area contributed by atoms with Gasteiger partial charge in [0.2, 0.25) is 0 Å². The molecule has 0 spiro atoms. The van der Waals surface area contributed by atoms with Gasteiger partial charge in [-0.1, -0.05) is 60.7 Å². The maximum Gasteiger partial charge on any atom is 0.251 e. The number of carbonyl (C=O) groups excluding carboxylic acids is 1. The molecule has 0 aliphatic heterocycles. The highest BCUT2D eigenvalue weighted by molar-refractivity contribution is 5.95. The second-order valence-corrected chi connectivity index (χ2v) is 8.68. The molecule has 2 heterocycles. The molecule has 1 aliphatic carbocycles. The number of aromatic nitrogens is 4. The summed E-state index contributed by atoms with van der Waals surface area (Å²) in [6.07, 6.45) is 3.90. The molecule has 6 rings (SSSR count). The SMILES string of the molecule is O=C(NC1CC1)c1ccc(-c2nc(NCc3ccccc3)c3ncn(-c4ccccc4)c3n2)cc1. The minimum absolute atomic E-state index is 0.0391. The fourth-order valence-corrected chi connectivity index (χ4v) is 3.98. The highest BCUT2D eigenvalue weighted by atomic mass is 16.1. The third-order valence-electron chi connectivity index (χ3n) is 6.05. The van der Waals surface area contributed by atoms with Crippen LogP contribution in [-0.4, -0.2) is 31.5 Å². The van der Waals surface area contributed by atoms with Crippen LogP contribution in [0.1, 0.15) is 28.8 Å². The molecule has 5 aromatic rings. The van der Waals surface area contributed by atoms with E-state index < -0.39 is 0 Å². The van der Waals surface area contributed by atoms with Gasteiger partial charge in [-0.2, -0.15) is 0 Å². The van der Waals surface area contributed by atoms with Crippen LogP contribution in [0.2, 0.25) is 0 Å². The molecule has 2 aromatic heterocycles. The maximum atomic E-state index is 12.4. The predicted octanol–water partition coefficient (Wildman–Crippen LogP) is 4.99. The molecule has 0 saturated heterocycles. The van der Waals surface area contributed by atoms with E-state index in [1.807, 2.05) is 77.4 Å². The van der Waals surface area contributed by atoms with Gasteiger partial charge in [-0.05, 0) is 42.7 Å². The van der Waals surface area contributed by atoms with E-state index in [1.54, 1.807) is 6.33 Å². The van der Waals surface area contributed by atoms with Crippen molar-refractivity contribution in [2.75, 3.05) is 5.32 Å². The Balaban J connectivity index is 1.39. The van der Waals surface area contributed by atoms with Crippen LogP contribution in [0.3, 0.4) is 0 Å². The van der Waals surface area contributed by atoms with Gasteiger partial charge in [0, 0.05) is 29.4 Å². The van der Waals surface area contributed by atoms with Crippen molar-refractivity contribution < 1.29 is 4.79 Å². The molecule has 35 heavy (non-hydrogen) atoms. The van der Waals surface area contributed by atoms with Crippen molar-refractivity contribution >= 4 is 22.9 Å². The van der Waals surface area contributed by atoms with Gasteiger partial charge in [0.25, 0.3) is 5.91 Å². The summed E-state index contributed by atoms with van der Waals surface area (Å²) in [5.41, 5.74) is 5.01. The minimum Gasteiger partial charge on any atom is -0.364 e. The number of anilines is 1. The average Bonchev–Trinajstić information content (AvgIpc) is 3.63. The van der Waals surface area contributed by atoms with Crippen molar-refractivity contribution in [3.63, 3.8) is 0 Å². The van der Waals surface area contributed by atoms with Crippen LogP contribution in [0.25, 0.3) is 28.2 Å². The molecule has 1 saturated carbocycles. The van der Waals surface area contributed by atoms with E-state index in [0.717, 1.165) is 29.7 Å². The summed E-state index contributed by atoms with van der Waals surface area (Å²) >= 11 is 0. The van der Waals surface area contributed by atoms with Crippen LogP contribution in [0, 0.1) is 0 Å². The molecule has 1 fully saturated rings. The van der Waals surface area contributed by atoms with Crippen LogP contribution >= 0.6 is 0 Å². The number of amides is 1. The Bertz CT molecular complexity index is 1480. The third-order valence-corrected chi connectivity index (χ3v) is 6.05. The zero-order chi connectivity index (χ0) is 23.6. The number of hydrogen-bond acceptors (Lipinski definition) is 5. The summed E-state index contributed by atoms with van der Waals surface area (Å²) in [6, 6.07) is 27.9. The molecule has 7 heteroatoms. The smallest absolute Gasteiger partial charge is 0.251 e. The lowest BCUT2D eigenvalue weighted by Gasteiger charge is -2.11. The maximum absolute atomic E-state index is 12.4. The number of fused-ring (bicyclic) bond motifs is 1. The van der Waals surface area contributed by atoms with E-state index in [0.29, 0.717) is 41.0 Å². The summed E-state index contributed by atoms with van der Waals surface area (Å²) in [5.74, 6) is 1.20. The van der Waals surface area contributed by atoms with Gasteiger partial charge >= 0.3 is 0 Å². The second kappa shape index (κ2) is 9.02. The quantitative estimate of drug-likeness (QED) is 0.358. The van der Waals surface area contributed by atoms with Gasteiger partial charge in [0.05, 0.1) is 0 Å². The number of hydrogen-bond donors (Lipinski definition) is 2. The Morgan fingerprint density at radius 1 is 0.886 bits per heavy atom. The van der Waals surface area contributed by atoms with Gasteiger partial charge in [-0.15, -0.1) is 0 Å². The number of nitrogens with one attached hydrogen (secondary N) is 2. The summed E-state index contributed by atoms with van der Waals surface area (Å²) in [7, 11) is 0. The molecule has 0 radical (unpaired) electrons. The lowest BCUT2D eigenvalue weighted by molar-refractivity contribution is 0.0951. The van der Waals surface area contributed by atoms with E-state index >= 15 is 0 Å². The zero-order valence-electron chi connectivity index (χ0n) is 19.1. The van der Waals surface area contributed by atoms with E-state index in [1.165, 1.54) is 0 Å². The van der Waals surface area contributed by atoms with E-state index in [4.69, 9.17) is 9.97 Å². The van der Waals surface area contributed by atoms with E-state index in [2.05, 4.69) is 27.8 Å². The molecule has 7 nitrogen and oxygen atoms in total. The number of para-hydroxylation sites is 1. The van der Waals surface area contributed by atoms with Crippen LogP contribution in [0.4, 0.5) is 5.82 Å². The lowest BCUT2D eigenvalue weighted by Crippen LogP contribution is -2.25. The average molecular weight is 461 g/mol.